The number of furan rings is 1. The zero-order valence-corrected chi connectivity index (χ0v) is 13.4. The molecule has 0 spiro atoms. The van der Waals surface area contributed by atoms with Gasteiger partial charge in [0.2, 0.25) is 0 Å². The SMILES string of the molecule is Cc1cc(C(=O)NNS(=O)(=O)c2ccccc2C(F)(F)F)c(C)o1. The van der Waals surface area contributed by atoms with Gasteiger partial charge in [0.15, 0.2) is 0 Å². The second-order valence-corrected chi connectivity index (χ2v) is 6.53. The van der Waals surface area contributed by atoms with Gasteiger partial charge < -0.3 is 4.42 Å². The number of sulfonamides is 1. The van der Waals surface area contributed by atoms with Crippen molar-refractivity contribution in [2.45, 2.75) is 24.9 Å². The van der Waals surface area contributed by atoms with Crippen LogP contribution in [0.5, 0.6) is 0 Å². The molecule has 2 aromatic rings. The summed E-state index contributed by atoms with van der Waals surface area (Å²) >= 11 is 0. The standard InChI is InChI=1S/C14H13F3N2O4S/c1-8-7-10(9(2)23-8)13(20)18-19-24(21,22)12-6-4-3-5-11(12)14(15,16)17/h3-7,19H,1-2H3,(H,18,20). The molecule has 1 heterocycles. The number of hydrogen-bond acceptors (Lipinski definition) is 4. The van der Waals surface area contributed by atoms with Gasteiger partial charge in [0.1, 0.15) is 11.5 Å². The maximum Gasteiger partial charge on any atom is 0.417 e. The van der Waals surface area contributed by atoms with Gasteiger partial charge in [0, 0.05) is 0 Å². The van der Waals surface area contributed by atoms with Crippen molar-refractivity contribution in [3.8, 4) is 0 Å². The van der Waals surface area contributed by atoms with Gasteiger partial charge in [-0.2, -0.15) is 13.2 Å². The largest absolute Gasteiger partial charge is 0.466 e. The molecule has 1 aromatic heterocycles. The Morgan fingerprint density at radius 1 is 1.17 bits per heavy atom. The summed E-state index contributed by atoms with van der Waals surface area (Å²) in [6.45, 7) is 3.09. The second kappa shape index (κ2) is 6.29. The molecule has 1 amide bonds. The van der Waals surface area contributed by atoms with Crippen molar-refractivity contribution in [2.75, 3.05) is 0 Å². The number of aryl methyl sites for hydroxylation is 2. The number of benzene rings is 1. The zero-order valence-electron chi connectivity index (χ0n) is 12.6. The molecule has 2 N–H and O–H groups in total. The molecule has 0 fully saturated rings. The number of nitrogens with one attached hydrogen (secondary N) is 2. The third-order valence-corrected chi connectivity index (χ3v) is 4.37. The maximum absolute atomic E-state index is 12.9. The molecule has 1 aromatic carbocycles. The Morgan fingerprint density at radius 3 is 2.33 bits per heavy atom. The summed E-state index contributed by atoms with van der Waals surface area (Å²) in [5.41, 5.74) is 0.604. The minimum atomic E-state index is -4.85. The Labute approximate surface area is 135 Å². The lowest BCUT2D eigenvalue weighted by atomic mass is 10.2. The molecule has 0 aliphatic carbocycles. The van der Waals surface area contributed by atoms with Crippen molar-refractivity contribution < 1.29 is 30.8 Å². The highest BCUT2D eigenvalue weighted by molar-refractivity contribution is 7.89. The minimum absolute atomic E-state index is 0.0688. The van der Waals surface area contributed by atoms with Gasteiger partial charge in [-0.25, -0.2) is 8.42 Å². The van der Waals surface area contributed by atoms with Crippen molar-refractivity contribution in [3.63, 3.8) is 0 Å². The Balaban J connectivity index is 2.24. The monoisotopic (exact) mass is 362 g/mol. The van der Waals surface area contributed by atoms with Crippen LogP contribution in [0, 0.1) is 13.8 Å². The molecule has 10 heteroatoms. The number of halogens is 3. The highest BCUT2D eigenvalue weighted by Crippen LogP contribution is 2.33. The van der Waals surface area contributed by atoms with Crippen LogP contribution in [-0.4, -0.2) is 14.3 Å². The second-order valence-electron chi connectivity index (χ2n) is 4.88. The van der Waals surface area contributed by atoms with Gasteiger partial charge in [-0.05, 0) is 32.0 Å². The van der Waals surface area contributed by atoms with Crippen molar-refractivity contribution in [2.24, 2.45) is 0 Å². The van der Waals surface area contributed by atoms with Gasteiger partial charge in [-0.15, -0.1) is 4.83 Å². The number of carbonyl (C=O) groups excluding carboxylic acids is 1. The molecule has 0 saturated carbocycles. The molecule has 0 aliphatic rings. The summed E-state index contributed by atoms with van der Waals surface area (Å²) in [6, 6.07) is 5.03. The molecular weight excluding hydrogens is 349 g/mol. The lowest BCUT2D eigenvalue weighted by Gasteiger charge is -2.14. The van der Waals surface area contributed by atoms with E-state index in [1.807, 2.05) is 5.43 Å². The molecule has 0 bridgehead atoms. The number of amides is 1. The van der Waals surface area contributed by atoms with E-state index in [0.717, 1.165) is 18.2 Å². The number of alkyl halides is 3. The van der Waals surface area contributed by atoms with Crippen LogP contribution in [0.1, 0.15) is 27.4 Å². The summed E-state index contributed by atoms with van der Waals surface area (Å²) in [7, 11) is -4.62. The molecular formula is C14H13F3N2O4S. The molecule has 24 heavy (non-hydrogen) atoms. The normalized spacial score (nSPS) is 12.2. The van der Waals surface area contributed by atoms with Crippen molar-refractivity contribution >= 4 is 15.9 Å². The number of rotatable bonds is 4. The topological polar surface area (TPSA) is 88.4 Å². The predicted octanol–water partition coefficient (Wildman–Crippen LogP) is 2.54. The molecule has 2 rings (SSSR count). The molecule has 0 atom stereocenters. The molecule has 0 radical (unpaired) electrons. The maximum atomic E-state index is 12.9. The van der Waals surface area contributed by atoms with Gasteiger partial charge in [-0.1, -0.05) is 12.1 Å². The summed E-state index contributed by atoms with van der Waals surface area (Å²) in [5.74, 6) is -0.166. The Hall–Kier alpha value is -2.33. The highest BCUT2D eigenvalue weighted by atomic mass is 32.2. The summed E-state index contributed by atoms with van der Waals surface area (Å²) in [5, 5.41) is 0. The fourth-order valence-electron chi connectivity index (χ4n) is 2.03. The molecule has 6 nitrogen and oxygen atoms in total. The van der Waals surface area contributed by atoms with E-state index in [2.05, 4.69) is 0 Å². The van der Waals surface area contributed by atoms with Crippen LogP contribution in [0.25, 0.3) is 0 Å². The average Bonchev–Trinajstić information content (AvgIpc) is 2.83. The summed E-state index contributed by atoms with van der Waals surface area (Å²) in [6.07, 6.45) is -4.85. The highest BCUT2D eigenvalue weighted by Gasteiger charge is 2.37. The summed E-state index contributed by atoms with van der Waals surface area (Å²) in [4.78, 5) is 12.6. The molecule has 0 aliphatic heterocycles. The van der Waals surface area contributed by atoms with Gasteiger partial charge >= 0.3 is 6.18 Å². The lowest BCUT2D eigenvalue weighted by molar-refractivity contribution is -0.139. The Morgan fingerprint density at radius 2 is 1.79 bits per heavy atom. The predicted molar refractivity (Wildman–Crippen MR) is 77.4 cm³/mol. The van der Waals surface area contributed by atoms with Crippen LogP contribution in [0.15, 0.2) is 39.6 Å². The van der Waals surface area contributed by atoms with Crippen molar-refractivity contribution in [1.82, 2.24) is 10.3 Å². The molecule has 0 unspecified atom stereocenters. The van der Waals surface area contributed by atoms with Crippen LogP contribution in [0.2, 0.25) is 0 Å². The van der Waals surface area contributed by atoms with Crippen LogP contribution in [-0.2, 0) is 16.2 Å². The fraction of sp³-hybridized carbons (Fsp3) is 0.214. The van der Waals surface area contributed by atoms with E-state index >= 15 is 0 Å². The summed E-state index contributed by atoms with van der Waals surface area (Å²) < 4.78 is 68.0. The zero-order chi connectivity index (χ0) is 18.1. The van der Waals surface area contributed by atoms with E-state index in [0.29, 0.717) is 11.8 Å². The van der Waals surface area contributed by atoms with Crippen molar-refractivity contribution in [3.05, 3.63) is 53.0 Å². The van der Waals surface area contributed by atoms with E-state index in [9.17, 15) is 26.4 Å². The van der Waals surface area contributed by atoms with E-state index in [1.54, 1.807) is 11.8 Å². The van der Waals surface area contributed by atoms with E-state index in [1.165, 1.54) is 13.0 Å². The first-order valence-corrected chi connectivity index (χ1v) is 8.06. The molecule has 0 saturated heterocycles. The third-order valence-electron chi connectivity index (χ3n) is 3.07. The van der Waals surface area contributed by atoms with Crippen LogP contribution >= 0.6 is 0 Å². The number of hydrazine groups is 1. The Kier molecular flexibility index (Phi) is 4.72. The van der Waals surface area contributed by atoms with E-state index in [4.69, 9.17) is 4.42 Å². The smallest absolute Gasteiger partial charge is 0.417 e. The number of hydrogen-bond donors (Lipinski definition) is 2. The van der Waals surface area contributed by atoms with E-state index < -0.39 is 32.6 Å². The van der Waals surface area contributed by atoms with Crippen LogP contribution in [0.3, 0.4) is 0 Å². The van der Waals surface area contributed by atoms with Crippen LogP contribution in [0.4, 0.5) is 13.2 Å². The van der Waals surface area contributed by atoms with Gasteiger partial charge in [0.25, 0.3) is 15.9 Å². The first-order valence-electron chi connectivity index (χ1n) is 6.58. The quantitative estimate of drug-likeness (QED) is 0.818. The third kappa shape index (κ3) is 3.77. The lowest BCUT2D eigenvalue weighted by Crippen LogP contribution is -2.42. The molecule has 130 valence electrons. The first-order chi connectivity index (χ1) is 11.0. The van der Waals surface area contributed by atoms with Crippen LogP contribution < -0.4 is 10.3 Å². The minimum Gasteiger partial charge on any atom is -0.466 e. The van der Waals surface area contributed by atoms with Crippen molar-refractivity contribution in [1.29, 1.82) is 0 Å². The van der Waals surface area contributed by atoms with E-state index in [-0.39, 0.29) is 11.3 Å². The van der Waals surface area contributed by atoms with Gasteiger partial charge in [-0.3, -0.25) is 10.2 Å². The fourth-order valence-corrected chi connectivity index (χ4v) is 3.10. The average molecular weight is 362 g/mol. The Bertz CT molecular complexity index is 872. The number of carbonyl (C=O) groups is 1. The first kappa shape index (κ1) is 18.0. The van der Waals surface area contributed by atoms with Gasteiger partial charge in [0.05, 0.1) is 16.0 Å².